The van der Waals surface area contributed by atoms with Gasteiger partial charge in [0.25, 0.3) is 0 Å². The normalized spacial score (nSPS) is 11.8. The van der Waals surface area contributed by atoms with Crippen LogP contribution < -0.4 is 11.0 Å². The summed E-state index contributed by atoms with van der Waals surface area (Å²) >= 11 is 0. The maximum atomic E-state index is 12.8. The summed E-state index contributed by atoms with van der Waals surface area (Å²) < 4.78 is 44.2. The number of furan rings is 1. The van der Waals surface area contributed by atoms with Gasteiger partial charge in [-0.3, -0.25) is 0 Å². The van der Waals surface area contributed by atoms with Gasteiger partial charge in [0, 0.05) is 11.3 Å². The fraction of sp³-hybridized carbons (Fsp3) is 0.105. The second-order valence-corrected chi connectivity index (χ2v) is 6.04. The zero-order valence-corrected chi connectivity index (χ0v) is 13.9. The Morgan fingerprint density at radius 1 is 0.963 bits per heavy atom. The number of halogens is 3. The molecule has 0 aliphatic carbocycles. The summed E-state index contributed by atoms with van der Waals surface area (Å²) in [6, 6.07) is 13.7. The Kier molecular flexibility index (Phi) is 4.02. The minimum atomic E-state index is -4.40. The first-order valence-corrected chi connectivity index (χ1v) is 8.11. The average molecular weight is 373 g/mol. The Bertz CT molecular complexity index is 1150. The molecule has 0 bridgehead atoms. The molecule has 138 valence electrons. The summed E-state index contributed by atoms with van der Waals surface area (Å²) in [5.74, 6) is 0.938. The van der Waals surface area contributed by atoms with Gasteiger partial charge in [-0.1, -0.05) is 12.1 Å². The lowest BCUT2D eigenvalue weighted by atomic mass is 10.1. The smallest absolute Gasteiger partial charge is 0.416 e. The first kappa shape index (κ1) is 17.0. The van der Waals surface area contributed by atoms with Gasteiger partial charge < -0.3 is 19.7 Å². The molecular formula is C19H14F3N3O2. The number of imidazole rings is 1. The maximum Gasteiger partial charge on any atom is 0.416 e. The fourth-order valence-corrected chi connectivity index (χ4v) is 2.81. The largest absolute Gasteiger partial charge is 0.459 e. The predicted molar refractivity (Wildman–Crippen MR) is 95.4 cm³/mol. The molecule has 3 N–H and O–H groups in total. The second kappa shape index (κ2) is 6.39. The zero-order valence-electron chi connectivity index (χ0n) is 13.9. The van der Waals surface area contributed by atoms with E-state index < -0.39 is 11.7 Å². The summed E-state index contributed by atoms with van der Waals surface area (Å²) in [5, 5.41) is 3.15. The van der Waals surface area contributed by atoms with Gasteiger partial charge in [0.05, 0.1) is 23.1 Å². The van der Waals surface area contributed by atoms with E-state index in [1.54, 1.807) is 30.3 Å². The van der Waals surface area contributed by atoms with E-state index in [0.717, 1.165) is 17.8 Å². The third-order valence-corrected chi connectivity index (χ3v) is 4.12. The zero-order chi connectivity index (χ0) is 19.0. The molecule has 0 amide bonds. The van der Waals surface area contributed by atoms with Gasteiger partial charge in [0.15, 0.2) is 0 Å². The van der Waals surface area contributed by atoms with E-state index in [9.17, 15) is 18.0 Å². The van der Waals surface area contributed by atoms with Gasteiger partial charge in [-0.05, 0) is 42.5 Å². The van der Waals surface area contributed by atoms with Crippen LogP contribution in [0, 0.1) is 0 Å². The summed E-state index contributed by atoms with van der Waals surface area (Å²) in [4.78, 5) is 16.6. The van der Waals surface area contributed by atoms with Gasteiger partial charge in [0.1, 0.15) is 11.5 Å². The van der Waals surface area contributed by atoms with Gasteiger partial charge >= 0.3 is 11.9 Å². The van der Waals surface area contributed by atoms with Crippen LogP contribution in [-0.2, 0) is 12.7 Å². The van der Waals surface area contributed by atoms with Crippen molar-refractivity contribution < 1.29 is 17.6 Å². The number of hydrogen-bond donors (Lipinski definition) is 3. The maximum absolute atomic E-state index is 12.8. The molecule has 27 heavy (non-hydrogen) atoms. The third kappa shape index (κ3) is 3.59. The van der Waals surface area contributed by atoms with Gasteiger partial charge in [0.2, 0.25) is 0 Å². The molecule has 2 aromatic carbocycles. The highest BCUT2D eigenvalue weighted by Crippen LogP contribution is 2.32. The predicted octanol–water partition coefficient (Wildman–Crippen LogP) is 4.75. The highest BCUT2D eigenvalue weighted by atomic mass is 19.4. The van der Waals surface area contributed by atoms with Crippen LogP contribution in [0.5, 0.6) is 0 Å². The van der Waals surface area contributed by atoms with E-state index in [-0.39, 0.29) is 5.69 Å². The molecule has 0 radical (unpaired) electrons. The molecule has 0 unspecified atom stereocenters. The summed E-state index contributed by atoms with van der Waals surface area (Å²) in [6.45, 7) is 0.346. The molecule has 0 atom stereocenters. The van der Waals surface area contributed by atoms with Crippen LogP contribution >= 0.6 is 0 Å². The van der Waals surface area contributed by atoms with Crippen LogP contribution in [0.1, 0.15) is 11.3 Å². The van der Waals surface area contributed by atoms with E-state index in [4.69, 9.17) is 4.42 Å². The molecule has 4 aromatic rings. The van der Waals surface area contributed by atoms with Crippen molar-refractivity contribution in [1.82, 2.24) is 9.97 Å². The average Bonchev–Trinajstić information content (AvgIpc) is 3.24. The van der Waals surface area contributed by atoms with Crippen LogP contribution in [-0.4, -0.2) is 9.97 Å². The number of aromatic amines is 2. The van der Waals surface area contributed by atoms with Crippen LogP contribution in [0.2, 0.25) is 0 Å². The van der Waals surface area contributed by atoms with E-state index in [1.807, 2.05) is 6.07 Å². The Labute approximate surface area is 150 Å². The molecule has 0 spiro atoms. The fourth-order valence-electron chi connectivity index (χ4n) is 2.81. The molecule has 2 heterocycles. The van der Waals surface area contributed by atoms with Gasteiger partial charge in [-0.15, -0.1) is 0 Å². The molecule has 5 nitrogen and oxygen atoms in total. The van der Waals surface area contributed by atoms with Crippen molar-refractivity contribution in [3.8, 4) is 11.3 Å². The molecule has 8 heteroatoms. The van der Waals surface area contributed by atoms with Crippen molar-refractivity contribution in [2.45, 2.75) is 12.7 Å². The van der Waals surface area contributed by atoms with Crippen molar-refractivity contribution in [2.75, 3.05) is 5.32 Å². The molecule has 0 saturated heterocycles. The van der Waals surface area contributed by atoms with Crippen molar-refractivity contribution in [1.29, 1.82) is 0 Å². The Morgan fingerprint density at radius 2 is 1.78 bits per heavy atom. The van der Waals surface area contributed by atoms with E-state index in [0.29, 0.717) is 34.7 Å². The van der Waals surface area contributed by atoms with E-state index in [1.165, 1.54) is 6.07 Å². The molecule has 0 fully saturated rings. The minimum absolute atomic E-state index is 0.279. The van der Waals surface area contributed by atoms with Crippen molar-refractivity contribution >= 4 is 16.7 Å². The number of nitrogens with one attached hydrogen (secondary N) is 3. The number of fused-ring (bicyclic) bond motifs is 1. The van der Waals surface area contributed by atoms with E-state index in [2.05, 4.69) is 15.3 Å². The highest BCUT2D eigenvalue weighted by molar-refractivity contribution is 5.78. The number of anilines is 1. The summed E-state index contributed by atoms with van der Waals surface area (Å²) in [6.07, 6.45) is -4.40. The number of alkyl halides is 3. The number of H-pyrrole nitrogens is 2. The minimum Gasteiger partial charge on any atom is -0.459 e. The lowest BCUT2D eigenvalue weighted by molar-refractivity contribution is -0.137. The quantitative estimate of drug-likeness (QED) is 0.483. The topological polar surface area (TPSA) is 73.8 Å². The molecule has 2 aromatic heterocycles. The lowest BCUT2D eigenvalue weighted by Gasteiger charge is -2.07. The van der Waals surface area contributed by atoms with Crippen LogP contribution in [0.25, 0.3) is 22.4 Å². The molecule has 0 saturated carbocycles. The second-order valence-electron chi connectivity index (χ2n) is 6.04. The van der Waals surface area contributed by atoms with Gasteiger partial charge in [-0.25, -0.2) is 4.79 Å². The standard InChI is InChI=1S/C19H14F3N3O2/c20-19(21,22)12-3-1-2-11(8-12)17-7-5-14(27-17)10-23-13-4-6-15-16(9-13)25-18(26)24-15/h1-9,23H,10H2,(H2,24,25,26). The van der Waals surface area contributed by atoms with Crippen molar-refractivity contribution in [2.24, 2.45) is 0 Å². The van der Waals surface area contributed by atoms with Crippen LogP contribution in [0.3, 0.4) is 0 Å². The highest BCUT2D eigenvalue weighted by Gasteiger charge is 2.30. The Morgan fingerprint density at radius 3 is 2.59 bits per heavy atom. The number of benzene rings is 2. The first-order chi connectivity index (χ1) is 12.9. The SMILES string of the molecule is O=c1[nH]c2ccc(NCc3ccc(-c4cccc(C(F)(F)F)c4)o3)cc2[nH]1. The number of aromatic nitrogens is 2. The van der Waals surface area contributed by atoms with Gasteiger partial charge in [-0.2, -0.15) is 13.2 Å². The molecular weight excluding hydrogens is 359 g/mol. The number of rotatable bonds is 4. The Balaban J connectivity index is 1.50. The molecule has 0 aliphatic rings. The lowest BCUT2D eigenvalue weighted by Crippen LogP contribution is -2.04. The first-order valence-electron chi connectivity index (χ1n) is 8.11. The van der Waals surface area contributed by atoms with Crippen LogP contribution in [0.15, 0.2) is 63.8 Å². The van der Waals surface area contributed by atoms with Crippen molar-refractivity contribution in [3.63, 3.8) is 0 Å². The number of hydrogen-bond acceptors (Lipinski definition) is 3. The molecule has 0 aliphatic heterocycles. The summed E-state index contributed by atoms with van der Waals surface area (Å²) in [5.41, 5.74) is 1.52. The third-order valence-electron chi connectivity index (χ3n) is 4.12. The van der Waals surface area contributed by atoms with Crippen LogP contribution in [0.4, 0.5) is 18.9 Å². The van der Waals surface area contributed by atoms with Crippen molar-refractivity contribution in [3.05, 3.63) is 76.4 Å². The molecule has 4 rings (SSSR count). The Hall–Kier alpha value is -3.42. The monoisotopic (exact) mass is 373 g/mol. The summed E-state index contributed by atoms with van der Waals surface area (Å²) in [7, 11) is 0. The van der Waals surface area contributed by atoms with E-state index >= 15 is 0 Å².